The monoisotopic (exact) mass is 507 g/mol. The molecule has 7 heteroatoms. The highest BCUT2D eigenvalue weighted by atomic mass is 16.5. The molecule has 1 saturated heterocycles. The molecule has 0 bridgehead atoms. The Balaban J connectivity index is 1.72. The Morgan fingerprint density at radius 1 is 0.842 bits per heavy atom. The molecule has 1 atom stereocenters. The fourth-order valence-electron chi connectivity index (χ4n) is 4.59. The lowest BCUT2D eigenvalue weighted by Crippen LogP contribution is -2.29. The summed E-state index contributed by atoms with van der Waals surface area (Å²) < 4.78 is 11.4. The lowest BCUT2D eigenvalue weighted by Gasteiger charge is -2.26. The minimum atomic E-state index is -1.05. The van der Waals surface area contributed by atoms with Crippen LogP contribution in [0.15, 0.2) is 103 Å². The van der Waals surface area contributed by atoms with Crippen LogP contribution in [0.4, 0.5) is 5.69 Å². The molecular weight excluding hydrogens is 482 g/mol. The van der Waals surface area contributed by atoms with E-state index in [2.05, 4.69) is 0 Å². The van der Waals surface area contributed by atoms with Gasteiger partial charge in [0.1, 0.15) is 28.8 Å². The van der Waals surface area contributed by atoms with Crippen LogP contribution in [0.3, 0.4) is 0 Å². The number of aryl methyl sites for hydroxylation is 1. The van der Waals surface area contributed by atoms with Gasteiger partial charge in [-0.25, -0.2) is 0 Å². The Kier molecular flexibility index (Phi) is 6.58. The van der Waals surface area contributed by atoms with Crippen LogP contribution < -0.4 is 14.4 Å². The third-order valence-electron chi connectivity index (χ3n) is 6.35. The van der Waals surface area contributed by atoms with Crippen LogP contribution in [0.5, 0.6) is 23.0 Å². The van der Waals surface area contributed by atoms with Gasteiger partial charge in [-0.15, -0.1) is 0 Å². The van der Waals surface area contributed by atoms with Gasteiger partial charge in [0, 0.05) is 0 Å². The number of para-hydroxylation sites is 3. The predicted octanol–water partition coefficient (Wildman–Crippen LogP) is 6.13. The highest BCUT2D eigenvalue weighted by molar-refractivity contribution is 6.52. The number of carbonyl (C=O) groups is 2. The number of hydrogen-bond acceptors (Lipinski definition) is 6. The molecular formula is C31H25NO6. The maximum absolute atomic E-state index is 13.5. The predicted molar refractivity (Wildman–Crippen MR) is 144 cm³/mol. The molecule has 1 amide bonds. The first-order valence-electron chi connectivity index (χ1n) is 12.0. The molecule has 1 unspecified atom stereocenters. The van der Waals surface area contributed by atoms with E-state index in [1.807, 2.05) is 43.3 Å². The molecule has 1 aliphatic rings. The van der Waals surface area contributed by atoms with Crippen LogP contribution in [0.25, 0.3) is 5.76 Å². The van der Waals surface area contributed by atoms with Crippen LogP contribution in [-0.2, 0) is 9.59 Å². The molecule has 190 valence electrons. The van der Waals surface area contributed by atoms with Crippen molar-refractivity contribution >= 4 is 23.1 Å². The summed E-state index contributed by atoms with van der Waals surface area (Å²) in [4.78, 5) is 28.1. The minimum absolute atomic E-state index is 0.126. The third kappa shape index (κ3) is 4.46. The molecule has 2 N–H and O–H groups in total. The summed E-state index contributed by atoms with van der Waals surface area (Å²) in [5.74, 6) is -0.867. The van der Waals surface area contributed by atoms with E-state index in [1.54, 1.807) is 54.6 Å². The normalized spacial score (nSPS) is 16.5. The van der Waals surface area contributed by atoms with Crippen molar-refractivity contribution in [1.82, 2.24) is 0 Å². The highest BCUT2D eigenvalue weighted by Gasteiger charge is 2.48. The van der Waals surface area contributed by atoms with Gasteiger partial charge in [0.2, 0.25) is 0 Å². The Hall–Kier alpha value is -5.04. The Morgan fingerprint density at radius 2 is 1.55 bits per heavy atom. The molecule has 7 nitrogen and oxygen atoms in total. The van der Waals surface area contributed by atoms with Crippen LogP contribution in [0, 0.1) is 6.92 Å². The SMILES string of the molecule is COc1ccc(C)cc1/C(O)=C1\C(=O)C(=O)N(c2ccccc2O)C1c1cccc(Oc2ccccc2)c1. The molecule has 38 heavy (non-hydrogen) atoms. The quantitative estimate of drug-likeness (QED) is 0.185. The Morgan fingerprint density at radius 3 is 2.29 bits per heavy atom. The summed E-state index contributed by atoms with van der Waals surface area (Å²) in [6, 6.07) is 26.5. The van der Waals surface area contributed by atoms with Gasteiger partial charge in [-0.2, -0.15) is 0 Å². The molecule has 0 spiro atoms. The van der Waals surface area contributed by atoms with Crippen molar-refractivity contribution in [2.45, 2.75) is 13.0 Å². The van der Waals surface area contributed by atoms with Gasteiger partial charge in [-0.1, -0.05) is 54.1 Å². The maximum atomic E-state index is 13.5. The number of phenolic OH excluding ortho intramolecular Hbond substituents is 1. The molecule has 1 heterocycles. The van der Waals surface area contributed by atoms with Crippen molar-refractivity contribution in [1.29, 1.82) is 0 Å². The molecule has 1 aliphatic heterocycles. The summed E-state index contributed by atoms with van der Waals surface area (Å²) in [6.45, 7) is 1.85. The summed E-state index contributed by atoms with van der Waals surface area (Å²) in [7, 11) is 1.46. The standard InChI is InChI=1S/C31H25NO6/c1-19-15-16-26(37-2)23(17-19)29(34)27-28(32(31(36)30(27)35)24-13-6-7-14-25(24)33)20-9-8-12-22(18-20)38-21-10-4-3-5-11-21/h3-18,28,33-34H,1-2H3/b29-27+. The zero-order chi connectivity index (χ0) is 26.8. The van der Waals surface area contributed by atoms with Gasteiger partial charge >= 0.3 is 0 Å². The molecule has 0 radical (unpaired) electrons. The fourth-order valence-corrected chi connectivity index (χ4v) is 4.59. The van der Waals surface area contributed by atoms with E-state index in [0.29, 0.717) is 22.8 Å². The number of rotatable bonds is 6. The van der Waals surface area contributed by atoms with Gasteiger partial charge in [0.05, 0.1) is 30.0 Å². The number of aromatic hydroxyl groups is 1. The van der Waals surface area contributed by atoms with Crippen LogP contribution in [0.1, 0.15) is 22.7 Å². The Labute approximate surface area is 219 Å². The molecule has 0 aliphatic carbocycles. The first-order valence-corrected chi connectivity index (χ1v) is 12.0. The van der Waals surface area contributed by atoms with Gasteiger partial charge in [0.15, 0.2) is 0 Å². The lowest BCUT2D eigenvalue weighted by atomic mass is 9.94. The van der Waals surface area contributed by atoms with Crippen molar-refractivity contribution in [2.75, 3.05) is 12.0 Å². The van der Waals surface area contributed by atoms with E-state index in [0.717, 1.165) is 5.56 Å². The summed E-state index contributed by atoms with van der Waals surface area (Å²) >= 11 is 0. The largest absolute Gasteiger partial charge is 0.507 e. The number of ether oxygens (including phenoxy) is 2. The van der Waals surface area contributed by atoms with Gasteiger partial charge in [-0.05, 0) is 61.0 Å². The molecule has 1 fully saturated rings. The van der Waals surface area contributed by atoms with Gasteiger partial charge in [-0.3, -0.25) is 14.5 Å². The van der Waals surface area contributed by atoms with Crippen LogP contribution >= 0.6 is 0 Å². The van der Waals surface area contributed by atoms with E-state index in [4.69, 9.17) is 9.47 Å². The average Bonchev–Trinajstić information content (AvgIpc) is 3.19. The number of carbonyl (C=O) groups excluding carboxylic acids is 2. The van der Waals surface area contributed by atoms with Crippen molar-refractivity contribution < 1.29 is 29.3 Å². The zero-order valence-electron chi connectivity index (χ0n) is 20.8. The maximum Gasteiger partial charge on any atom is 0.300 e. The number of aliphatic hydroxyl groups is 1. The smallest absolute Gasteiger partial charge is 0.300 e. The highest BCUT2D eigenvalue weighted by Crippen LogP contribution is 2.46. The van der Waals surface area contributed by atoms with E-state index in [-0.39, 0.29) is 28.3 Å². The second kappa shape index (κ2) is 10.1. The average molecular weight is 508 g/mol. The number of amides is 1. The Bertz CT molecular complexity index is 1560. The van der Waals surface area contributed by atoms with Gasteiger partial charge < -0.3 is 19.7 Å². The summed E-state index contributed by atoms with van der Waals surface area (Å²) in [5.41, 5.74) is 1.64. The number of ketones is 1. The minimum Gasteiger partial charge on any atom is -0.507 e. The second-order valence-electron chi connectivity index (χ2n) is 8.85. The number of methoxy groups -OCH3 is 1. The van der Waals surface area contributed by atoms with Crippen molar-refractivity contribution in [2.24, 2.45) is 0 Å². The number of phenols is 1. The zero-order valence-corrected chi connectivity index (χ0v) is 20.8. The first-order chi connectivity index (χ1) is 18.4. The first kappa shape index (κ1) is 24.6. The lowest BCUT2D eigenvalue weighted by molar-refractivity contribution is -0.132. The van der Waals surface area contributed by atoms with Crippen molar-refractivity contribution in [3.63, 3.8) is 0 Å². The molecule has 0 saturated carbocycles. The number of nitrogens with zero attached hydrogens (tertiary/aromatic N) is 1. The third-order valence-corrected chi connectivity index (χ3v) is 6.35. The van der Waals surface area contributed by atoms with E-state index in [9.17, 15) is 19.8 Å². The molecule has 5 rings (SSSR count). The van der Waals surface area contributed by atoms with Crippen LogP contribution in [-0.4, -0.2) is 29.0 Å². The number of hydrogen-bond donors (Lipinski definition) is 2. The van der Waals surface area contributed by atoms with E-state index < -0.39 is 17.7 Å². The van der Waals surface area contributed by atoms with Crippen molar-refractivity contribution in [3.8, 4) is 23.0 Å². The fraction of sp³-hybridized carbons (Fsp3) is 0.0968. The van der Waals surface area contributed by atoms with Gasteiger partial charge in [0.25, 0.3) is 11.7 Å². The molecule has 4 aromatic carbocycles. The van der Waals surface area contributed by atoms with Crippen LogP contribution in [0.2, 0.25) is 0 Å². The number of Topliss-reactive ketones (excluding diaryl/α,β-unsaturated/α-hetero) is 1. The number of anilines is 1. The van der Waals surface area contributed by atoms with E-state index >= 15 is 0 Å². The topological polar surface area (TPSA) is 96.3 Å². The number of aliphatic hydroxyl groups excluding tert-OH is 1. The molecule has 4 aromatic rings. The van der Waals surface area contributed by atoms with Crippen molar-refractivity contribution in [3.05, 3.63) is 119 Å². The summed E-state index contributed by atoms with van der Waals surface area (Å²) in [6.07, 6.45) is 0. The summed E-state index contributed by atoms with van der Waals surface area (Å²) in [5, 5.41) is 22.1. The molecule has 0 aromatic heterocycles. The number of benzene rings is 4. The second-order valence-corrected chi connectivity index (χ2v) is 8.85. The van der Waals surface area contributed by atoms with E-state index in [1.165, 1.54) is 18.1 Å².